The summed E-state index contributed by atoms with van der Waals surface area (Å²) in [5.74, 6) is -1.27. The summed E-state index contributed by atoms with van der Waals surface area (Å²) in [6.45, 7) is -0.0429. The molecule has 0 aliphatic rings. The molecule has 0 unspecified atom stereocenters. The van der Waals surface area contributed by atoms with Crippen LogP contribution in [-0.4, -0.2) is 34.0 Å². The number of rotatable bonds is 6. The van der Waals surface area contributed by atoms with Crippen molar-refractivity contribution in [3.05, 3.63) is 54.0 Å². The van der Waals surface area contributed by atoms with Crippen molar-refractivity contribution in [1.29, 1.82) is 0 Å². The first-order chi connectivity index (χ1) is 10.3. The van der Waals surface area contributed by atoms with Gasteiger partial charge in [-0.05, 0) is 44.4 Å². The molecular formula is C14H16F2N2O3S. The van der Waals surface area contributed by atoms with E-state index in [1.165, 1.54) is 6.26 Å². The van der Waals surface area contributed by atoms with E-state index in [1.807, 2.05) is 0 Å². The molecule has 0 bridgehead atoms. The van der Waals surface area contributed by atoms with Gasteiger partial charge >= 0.3 is 0 Å². The van der Waals surface area contributed by atoms with Gasteiger partial charge in [-0.1, -0.05) is 0 Å². The third kappa shape index (κ3) is 3.70. The van der Waals surface area contributed by atoms with Gasteiger partial charge in [0.25, 0.3) is 0 Å². The molecule has 0 saturated heterocycles. The minimum atomic E-state index is -4.17. The van der Waals surface area contributed by atoms with Gasteiger partial charge in [-0.15, -0.1) is 0 Å². The molecule has 0 radical (unpaired) electrons. The van der Waals surface area contributed by atoms with E-state index < -0.39 is 26.6 Å². The predicted octanol–water partition coefficient (Wildman–Crippen LogP) is 2.14. The van der Waals surface area contributed by atoms with Crippen molar-refractivity contribution in [2.45, 2.75) is 10.9 Å². The van der Waals surface area contributed by atoms with Gasteiger partial charge in [0.05, 0.1) is 12.3 Å². The van der Waals surface area contributed by atoms with E-state index in [2.05, 4.69) is 4.72 Å². The molecule has 1 aromatic carbocycles. The van der Waals surface area contributed by atoms with E-state index >= 15 is 0 Å². The van der Waals surface area contributed by atoms with Crippen LogP contribution in [0.3, 0.4) is 0 Å². The Morgan fingerprint density at radius 2 is 2.00 bits per heavy atom. The Labute approximate surface area is 127 Å². The zero-order valence-corrected chi connectivity index (χ0v) is 12.9. The van der Waals surface area contributed by atoms with Crippen molar-refractivity contribution in [2.75, 3.05) is 20.6 Å². The zero-order chi connectivity index (χ0) is 16.3. The van der Waals surface area contributed by atoms with E-state index in [0.717, 1.165) is 12.1 Å². The maximum Gasteiger partial charge on any atom is 0.243 e. The SMILES string of the molecule is CN(C)[C@@H](CNS(=O)(=O)c1cc(F)ccc1F)c1ccco1. The van der Waals surface area contributed by atoms with Crippen LogP contribution >= 0.6 is 0 Å². The summed E-state index contributed by atoms with van der Waals surface area (Å²) in [6.07, 6.45) is 1.48. The van der Waals surface area contributed by atoms with Gasteiger partial charge in [0, 0.05) is 6.54 Å². The highest BCUT2D eigenvalue weighted by molar-refractivity contribution is 7.89. The molecule has 0 aliphatic carbocycles. The molecule has 8 heteroatoms. The first-order valence-electron chi connectivity index (χ1n) is 6.46. The Morgan fingerprint density at radius 1 is 1.27 bits per heavy atom. The summed E-state index contributed by atoms with van der Waals surface area (Å²) in [5.41, 5.74) is 0. The largest absolute Gasteiger partial charge is 0.468 e. The molecule has 0 spiro atoms. The molecule has 120 valence electrons. The Bertz CT molecular complexity index is 731. The molecule has 1 N–H and O–H groups in total. The van der Waals surface area contributed by atoms with Gasteiger partial charge in [0.15, 0.2) is 0 Å². The Hall–Kier alpha value is -1.77. The van der Waals surface area contributed by atoms with Crippen molar-refractivity contribution in [3.63, 3.8) is 0 Å². The number of hydrogen-bond donors (Lipinski definition) is 1. The lowest BCUT2D eigenvalue weighted by atomic mass is 10.2. The zero-order valence-electron chi connectivity index (χ0n) is 12.1. The lowest BCUT2D eigenvalue weighted by Crippen LogP contribution is -2.34. The van der Waals surface area contributed by atoms with E-state index in [4.69, 9.17) is 4.42 Å². The van der Waals surface area contributed by atoms with Gasteiger partial charge in [-0.2, -0.15) is 0 Å². The highest BCUT2D eigenvalue weighted by Gasteiger charge is 2.24. The average Bonchev–Trinajstić information content (AvgIpc) is 2.95. The molecule has 0 aliphatic heterocycles. The number of nitrogens with zero attached hydrogens (tertiary/aromatic N) is 1. The monoisotopic (exact) mass is 330 g/mol. The highest BCUT2D eigenvalue weighted by atomic mass is 32.2. The number of nitrogens with one attached hydrogen (secondary N) is 1. The summed E-state index contributed by atoms with van der Waals surface area (Å²) in [5, 5.41) is 0. The maximum absolute atomic E-state index is 13.6. The minimum Gasteiger partial charge on any atom is -0.468 e. The molecule has 0 amide bonds. The topological polar surface area (TPSA) is 62.6 Å². The third-order valence-electron chi connectivity index (χ3n) is 3.14. The van der Waals surface area contributed by atoms with Gasteiger partial charge in [-0.25, -0.2) is 21.9 Å². The summed E-state index contributed by atoms with van der Waals surface area (Å²) in [7, 11) is -0.658. The molecular weight excluding hydrogens is 314 g/mol. The van der Waals surface area contributed by atoms with Crippen LogP contribution < -0.4 is 4.72 Å². The second-order valence-corrected chi connectivity index (χ2v) is 6.66. The van der Waals surface area contributed by atoms with E-state index in [9.17, 15) is 17.2 Å². The first-order valence-corrected chi connectivity index (χ1v) is 7.94. The molecule has 2 aromatic rings. The molecule has 5 nitrogen and oxygen atoms in total. The number of benzene rings is 1. The molecule has 0 fully saturated rings. The number of sulfonamides is 1. The third-order valence-corrected chi connectivity index (χ3v) is 4.58. The molecule has 22 heavy (non-hydrogen) atoms. The molecule has 0 saturated carbocycles. The van der Waals surface area contributed by atoms with Crippen LogP contribution in [0, 0.1) is 11.6 Å². The summed E-state index contributed by atoms with van der Waals surface area (Å²) in [4.78, 5) is 1.04. The van der Waals surface area contributed by atoms with Gasteiger partial charge in [0.1, 0.15) is 22.3 Å². The number of likely N-dealkylation sites (N-methyl/N-ethyl adjacent to an activating group) is 1. The van der Waals surface area contributed by atoms with Crippen LogP contribution in [0.25, 0.3) is 0 Å². The standard InChI is InChI=1S/C14H16F2N2O3S/c1-18(2)12(13-4-3-7-21-13)9-17-22(19,20)14-8-10(15)5-6-11(14)16/h3-8,12,17H,9H2,1-2H3/t12-/m0/s1. The second-order valence-electron chi connectivity index (χ2n) is 4.92. The van der Waals surface area contributed by atoms with Crippen LogP contribution in [0.15, 0.2) is 45.9 Å². The van der Waals surface area contributed by atoms with Crippen LogP contribution in [0.4, 0.5) is 8.78 Å². The van der Waals surface area contributed by atoms with Gasteiger partial charge in [0.2, 0.25) is 10.0 Å². The number of halogens is 2. The van der Waals surface area contributed by atoms with E-state index in [-0.39, 0.29) is 12.6 Å². The maximum atomic E-state index is 13.6. The molecule has 1 aromatic heterocycles. The Balaban J connectivity index is 2.20. The summed E-state index contributed by atoms with van der Waals surface area (Å²) < 4.78 is 58.6. The molecule has 2 rings (SSSR count). The van der Waals surface area contributed by atoms with Crippen LogP contribution in [0.1, 0.15) is 11.8 Å². The Kier molecular flexibility index (Phi) is 4.94. The van der Waals surface area contributed by atoms with E-state index in [0.29, 0.717) is 11.8 Å². The fourth-order valence-corrected chi connectivity index (χ4v) is 3.09. The average molecular weight is 330 g/mol. The van der Waals surface area contributed by atoms with E-state index in [1.54, 1.807) is 31.1 Å². The molecule has 1 atom stereocenters. The van der Waals surface area contributed by atoms with Crippen LogP contribution in [0.2, 0.25) is 0 Å². The quantitative estimate of drug-likeness (QED) is 0.881. The van der Waals surface area contributed by atoms with Crippen molar-refractivity contribution in [2.24, 2.45) is 0 Å². The smallest absolute Gasteiger partial charge is 0.243 e. The van der Waals surface area contributed by atoms with Crippen LogP contribution in [-0.2, 0) is 10.0 Å². The predicted molar refractivity (Wildman–Crippen MR) is 76.7 cm³/mol. The summed E-state index contributed by atoms with van der Waals surface area (Å²) >= 11 is 0. The lowest BCUT2D eigenvalue weighted by molar-refractivity contribution is 0.259. The van der Waals surface area contributed by atoms with Gasteiger partial charge < -0.3 is 4.42 Å². The fourth-order valence-electron chi connectivity index (χ4n) is 1.97. The second kappa shape index (κ2) is 6.55. The van der Waals surface area contributed by atoms with Crippen molar-refractivity contribution < 1.29 is 21.6 Å². The van der Waals surface area contributed by atoms with Crippen molar-refractivity contribution in [3.8, 4) is 0 Å². The normalized spacial score (nSPS) is 13.5. The fraction of sp³-hybridized carbons (Fsp3) is 0.286. The number of furan rings is 1. The highest BCUT2D eigenvalue weighted by Crippen LogP contribution is 2.20. The number of hydrogen-bond acceptors (Lipinski definition) is 4. The first kappa shape index (κ1) is 16.6. The lowest BCUT2D eigenvalue weighted by Gasteiger charge is -2.22. The Morgan fingerprint density at radius 3 is 2.59 bits per heavy atom. The summed E-state index contributed by atoms with van der Waals surface area (Å²) in [6, 6.07) is 5.31. The minimum absolute atomic E-state index is 0.0429. The van der Waals surface area contributed by atoms with Crippen molar-refractivity contribution in [1.82, 2.24) is 9.62 Å². The van der Waals surface area contributed by atoms with Gasteiger partial charge in [-0.3, -0.25) is 4.90 Å². The molecule has 1 heterocycles. The van der Waals surface area contributed by atoms with Crippen LogP contribution in [0.5, 0.6) is 0 Å². The van der Waals surface area contributed by atoms with Crippen molar-refractivity contribution >= 4 is 10.0 Å².